The number of hydrogen-bond donors (Lipinski definition) is 1. The summed E-state index contributed by atoms with van der Waals surface area (Å²) in [4.78, 5) is 0.779. The predicted octanol–water partition coefficient (Wildman–Crippen LogP) is 1.35. The predicted molar refractivity (Wildman–Crippen MR) is 60.0 cm³/mol. The normalized spacial score (nSPS) is 11.1. The van der Waals surface area contributed by atoms with Gasteiger partial charge in [-0.3, -0.25) is 0 Å². The van der Waals surface area contributed by atoms with Gasteiger partial charge in [-0.1, -0.05) is 35.6 Å². The van der Waals surface area contributed by atoms with E-state index in [-0.39, 0.29) is 6.61 Å². The van der Waals surface area contributed by atoms with Gasteiger partial charge in [-0.2, -0.15) is 9.61 Å². The van der Waals surface area contributed by atoms with Crippen molar-refractivity contribution in [1.82, 2.24) is 19.8 Å². The monoisotopic (exact) mass is 232 g/mol. The first kappa shape index (κ1) is 9.44. The van der Waals surface area contributed by atoms with Crippen molar-refractivity contribution in [3.05, 3.63) is 36.2 Å². The van der Waals surface area contributed by atoms with Crippen LogP contribution in [0.3, 0.4) is 0 Å². The Morgan fingerprint density at radius 3 is 2.75 bits per heavy atom. The van der Waals surface area contributed by atoms with Crippen molar-refractivity contribution in [2.75, 3.05) is 0 Å². The van der Waals surface area contributed by atoms with Crippen LogP contribution in [0, 0.1) is 0 Å². The largest absolute Gasteiger partial charge is 0.392 e. The number of nitrogens with zero attached hydrogens (tertiary/aromatic N) is 4. The van der Waals surface area contributed by atoms with Crippen LogP contribution in [0.2, 0.25) is 0 Å². The topological polar surface area (TPSA) is 63.3 Å². The smallest absolute Gasteiger partial charge is 0.234 e. The molecule has 80 valence electrons. The Morgan fingerprint density at radius 1 is 1.25 bits per heavy atom. The van der Waals surface area contributed by atoms with Crippen molar-refractivity contribution >= 4 is 16.3 Å². The molecule has 0 aliphatic carbocycles. The van der Waals surface area contributed by atoms with Crippen LogP contribution in [0.5, 0.6) is 0 Å². The summed E-state index contributed by atoms with van der Waals surface area (Å²) >= 11 is 1.49. The van der Waals surface area contributed by atoms with E-state index in [0.29, 0.717) is 0 Å². The second-order valence-electron chi connectivity index (χ2n) is 3.32. The van der Waals surface area contributed by atoms with Gasteiger partial charge >= 0.3 is 0 Å². The fourth-order valence-corrected chi connectivity index (χ4v) is 2.25. The van der Waals surface area contributed by atoms with Gasteiger partial charge in [0.15, 0.2) is 0 Å². The number of hydrogen-bond acceptors (Lipinski definition) is 5. The number of aromatic nitrogens is 4. The Hall–Kier alpha value is -1.79. The van der Waals surface area contributed by atoms with Crippen LogP contribution in [-0.2, 0) is 6.61 Å². The second-order valence-corrected chi connectivity index (χ2v) is 4.28. The van der Waals surface area contributed by atoms with Crippen molar-refractivity contribution in [2.45, 2.75) is 6.61 Å². The third-order valence-electron chi connectivity index (χ3n) is 2.27. The SMILES string of the molecule is OCc1ccc(-c2nn3cnnc3s2)cc1. The van der Waals surface area contributed by atoms with Gasteiger partial charge in [-0.25, -0.2) is 0 Å². The molecule has 3 rings (SSSR count). The summed E-state index contributed by atoms with van der Waals surface area (Å²) in [5.41, 5.74) is 1.92. The lowest BCUT2D eigenvalue weighted by Crippen LogP contribution is -1.84. The lowest BCUT2D eigenvalue weighted by Gasteiger charge is -1.97. The van der Waals surface area contributed by atoms with E-state index in [2.05, 4.69) is 15.3 Å². The molecule has 2 aromatic heterocycles. The second kappa shape index (κ2) is 3.66. The molecular weight excluding hydrogens is 224 g/mol. The van der Waals surface area contributed by atoms with E-state index >= 15 is 0 Å². The molecule has 0 spiro atoms. The number of aliphatic hydroxyl groups excluding tert-OH is 1. The third-order valence-corrected chi connectivity index (χ3v) is 3.23. The molecule has 0 aliphatic rings. The molecule has 0 fully saturated rings. The maximum Gasteiger partial charge on any atom is 0.234 e. The first-order valence-corrected chi connectivity index (χ1v) is 5.55. The van der Waals surface area contributed by atoms with E-state index < -0.39 is 0 Å². The molecule has 1 aromatic carbocycles. The Morgan fingerprint density at radius 2 is 2.06 bits per heavy atom. The quantitative estimate of drug-likeness (QED) is 0.724. The van der Waals surface area contributed by atoms with Gasteiger partial charge in [0.2, 0.25) is 4.96 Å². The number of fused-ring (bicyclic) bond motifs is 1. The zero-order chi connectivity index (χ0) is 11.0. The van der Waals surface area contributed by atoms with Gasteiger partial charge in [0.05, 0.1) is 6.61 Å². The summed E-state index contributed by atoms with van der Waals surface area (Å²) in [6.45, 7) is 0.0609. The highest BCUT2D eigenvalue weighted by molar-refractivity contribution is 7.19. The molecular formula is C10H8N4OS. The van der Waals surface area contributed by atoms with Crippen LogP contribution in [0.4, 0.5) is 0 Å². The van der Waals surface area contributed by atoms with Gasteiger partial charge in [0, 0.05) is 5.56 Å². The Bertz CT molecular complexity index is 585. The molecule has 0 saturated carbocycles. The van der Waals surface area contributed by atoms with Crippen LogP contribution in [0.15, 0.2) is 30.6 Å². The molecule has 0 atom stereocenters. The Labute approximate surface area is 95.0 Å². The van der Waals surface area contributed by atoms with E-state index in [1.54, 1.807) is 10.8 Å². The van der Waals surface area contributed by atoms with Crippen LogP contribution < -0.4 is 0 Å². The highest BCUT2D eigenvalue weighted by atomic mass is 32.1. The maximum atomic E-state index is 8.94. The zero-order valence-corrected chi connectivity index (χ0v) is 9.05. The first-order valence-electron chi connectivity index (χ1n) is 4.74. The van der Waals surface area contributed by atoms with Gasteiger partial charge in [0.1, 0.15) is 11.3 Å². The molecule has 0 radical (unpaired) electrons. The standard InChI is InChI=1S/C10H8N4OS/c15-5-7-1-3-8(4-2-7)9-13-14-6-11-12-10(14)16-9/h1-4,6,15H,5H2. The summed E-state index contributed by atoms with van der Waals surface area (Å²) in [6.07, 6.45) is 1.58. The van der Waals surface area contributed by atoms with Crippen molar-refractivity contribution in [3.63, 3.8) is 0 Å². The first-order chi connectivity index (χ1) is 7.86. The highest BCUT2D eigenvalue weighted by Crippen LogP contribution is 2.24. The average molecular weight is 232 g/mol. The molecule has 0 saturated heterocycles. The van der Waals surface area contributed by atoms with E-state index in [9.17, 15) is 0 Å². The summed E-state index contributed by atoms with van der Waals surface area (Å²) in [5.74, 6) is 0. The van der Waals surface area contributed by atoms with Crippen LogP contribution in [0.1, 0.15) is 5.56 Å². The minimum atomic E-state index is 0.0609. The summed E-state index contributed by atoms with van der Waals surface area (Å²) in [6, 6.07) is 7.66. The van der Waals surface area contributed by atoms with Gasteiger partial charge in [-0.05, 0) is 5.56 Å². The van der Waals surface area contributed by atoms with Crippen LogP contribution in [-0.4, -0.2) is 24.9 Å². The minimum Gasteiger partial charge on any atom is -0.392 e. The summed E-state index contributed by atoms with van der Waals surface area (Å²) in [5, 5.41) is 21.9. The molecule has 3 aromatic rings. The minimum absolute atomic E-state index is 0.0609. The Balaban J connectivity index is 2.05. The van der Waals surface area contributed by atoms with E-state index in [0.717, 1.165) is 21.1 Å². The lowest BCUT2D eigenvalue weighted by molar-refractivity contribution is 0.282. The molecule has 6 heteroatoms. The van der Waals surface area contributed by atoms with Crippen molar-refractivity contribution in [2.24, 2.45) is 0 Å². The number of rotatable bonds is 2. The molecule has 5 nitrogen and oxygen atoms in total. The van der Waals surface area contributed by atoms with Gasteiger partial charge in [-0.15, -0.1) is 10.2 Å². The highest BCUT2D eigenvalue weighted by Gasteiger charge is 2.06. The number of benzene rings is 1. The molecule has 16 heavy (non-hydrogen) atoms. The van der Waals surface area contributed by atoms with E-state index in [1.165, 1.54) is 11.3 Å². The molecule has 0 unspecified atom stereocenters. The van der Waals surface area contributed by atoms with E-state index in [1.807, 2.05) is 24.3 Å². The molecule has 1 N–H and O–H groups in total. The third kappa shape index (κ3) is 1.48. The molecule has 0 amide bonds. The fourth-order valence-electron chi connectivity index (χ4n) is 1.43. The average Bonchev–Trinajstić information content (AvgIpc) is 2.89. The zero-order valence-electron chi connectivity index (χ0n) is 8.24. The van der Waals surface area contributed by atoms with Crippen LogP contribution >= 0.6 is 11.3 Å². The molecule has 2 heterocycles. The van der Waals surface area contributed by atoms with Crippen molar-refractivity contribution in [1.29, 1.82) is 0 Å². The lowest BCUT2D eigenvalue weighted by atomic mass is 10.1. The van der Waals surface area contributed by atoms with Crippen LogP contribution in [0.25, 0.3) is 15.5 Å². The van der Waals surface area contributed by atoms with Crippen molar-refractivity contribution in [3.8, 4) is 10.6 Å². The summed E-state index contributed by atoms with van der Waals surface area (Å²) < 4.78 is 1.65. The van der Waals surface area contributed by atoms with E-state index in [4.69, 9.17) is 5.11 Å². The summed E-state index contributed by atoms with van der Waals surface area (Å²) in [7, 11) is 0. The number of aliphatic hydroxyl groups is 1. The fraction of sp³-hybridized carbons (Fsp3) is 0.100. The van der Waals surface area contributed by atoms with Gasteiger partial charge < -0.3 is 5.11 Å². The molecule has 0 aliphatic heterocycles. The maximum absolute atomic E-state index is 8.94. The Kier molecular flexibility index (Phi) is 2.16. The van der Waals surface area contributed by atoms with Gasteiger partial charge in [0.25, 0.3) is 0 Å². The molecule has 0 bridgehead atoms. The van der Waals surface area contributed by atoms with Crippen molar-refractivity contribution < 1.29 is 5.11 Å².